The molecule has 3 nitrogen and oxygen atoms in total. The molecule has 1 aromatic heterocycles. The van der Waals surface area contributed by atoms with Gasteiger partial charge in [-0.15, -0.1) is 5.10 Å². The van der Waals surface area contributed by atoms with E-state index in [-0.39, 0.29) is 17.2 Å². The summed E-state index contributed by atoms with van der Waals surface area (Å²) in [4.78, 5) is 4.23. The van der Waals surface area contributed by atoms with Crippen molar-refractivity contribution in [2.75, 3.05) is 0 Å². The minimum Gasteiger partial charge on any atom is -0.262 e. The molecule has 0 fully saturated rings. The van der Waals surface area contributed by atoms with E-state index in [9.17, 15) is 13.2 Å². The Bertz CT molecular complexity index is 578. The molecule has 0 spiro atoms. The Kier molecular flexibility index (Phi) is 4.37. The molecule has 108 valence electrons. The lowest BCUT2D eigenvalue weighted by atomic mass is 10.1. The number of nitrogens with zero attached hydrogens (tertiary/aromatic N) is 2. The zero-order chi connectivity index (χ0) is 14.8. The Labute approximate surface area is 119 Å². The molecule has 20 heavy (non-hydrogen) atoms. The summed E-state index contributed by atoms with van der Waals surface area (Å²) in [6, 6.07) is 5.56. The Balaban J connectivity index is 2.11. The molecule has 1 aromatic carbocycles. The molecule has 0 bridgehead atoms. The summed E-state index contributed by atoms with van der Waals surface area (Å²) in [5.74, 6) is 1.13. The number of hydrogen-bond acceptors (Lipinski definition) is 3. The average molecular weight is 301 g/mol. The molecule has 0 aliphatic heterocycles. The van der Waals surface area contributed by atoms with Crippen molar-refractivity contribution < 1.29 is 13.2 Å². The van der Waals surface area contributed by atoms with Crippen LogP contribution in [0.4, 0.5) is 13.2 Å². The highest BCUT2D eigenvalue weighted by Gasteiger charge is 2.32. The number of nitrogens with one attached hydrogen (secondary N) is 1. The maximum absolute atomic E-state index is 12.8. The highest BCUT2D eigenvalue weighted by molar-refractivity contribution is 7.98. The maximum atomic E-state index is 12.8. The SMILES string of the molecule is CC(C)c1nc(SCc2ccccc2C(F)(F)F)n[nH]1. The van der Waals surface area contributed by atoms with Crippen molar-refractivity contribution in [1.82, 2.24) is 15.2 Å². The van der Waals surface area contributed by atoms with Gasteiger partial charge in [0.25, 0.3) is 0 Å². The fraction of sp³-hybridized carbons (Fsp3) is 0.385. The molecule has 1 heterocycles. The lowest BCUT2D eigenvalue weighted by Crippen LogP contribution is -2.08. The third kappa shape index (κ3) is 3.53. The highest BCUT2D eigenvalue weighted by Crippen LogP contribution is 2.34. The van der Waals surface area contributed by atoms with Gasteiger partial charge in [0.1, 0.15) is 5.82 Å². The number of halogens is 3. The fourth-order valence-electron chi connectivity index (χ4n) is 1.65. The Morgan fingerprint density at radius 2 is 1.95 bits per heavy atom. The summed E-state index contributed by atoms with van der Waals surface area (Å²) in [7, 11) is 0. The Morgan fingerprint density at radius 1 is 1.25 bits per heavy atom. The van der Waals surface area contributed by atoms with Crippen LogP contribution in [-0.4, -0.2) is 15.2 Å². The second kappa shape index (κ2) is 5.87. The normalized spacial score (nSPS) is 12.1. The number of H-pyrrole nitrogens is 1. The van der Waals surface area contributed by atoms with Crippen LogP contribution in [0.15, 0.2) is 29.4 Å². The van der Waals surface area contributed by atoms with Gasteiger partial charge in [0.05, 0.1) is 5.56 Å². The number of hydrogen-bond donors (Lipinski definition) is 1. The molecular formula is C13H14F3N3S. The molecular weight excluding hydrogens is 287 g/mol. The minimum absolute atomic E-state index is 0.186. The van der Waals surface area contributed by atoms with Gasteiger partial charge in [0.15, 0.2) is 0 Å². The Hall–Kier alpha value is -1.50. The van der Waals surface area contributed by atoms with Crippen molar-refractivity contribution in [3.8, 4) is 0 Å². The molecule has 0 radical (unpaired) electrons. The number of benzene rings is 1. The first-order chi connectivity index (χ1) is 9.38. The van der Waals surface area contributed by atoms with Gasteiger partial charge < -0.3 is 0 Å². The molecule has 7 heteroatoms. The van der Waals surface area contributed by atoms with E-state index in [2.05, 4.69) is 15.2 Å². The molecule has 1 N–H and O–H groups in total. The number of aromatic amines is 1. The molecule has 2 aromatic rings. The largest absolute Gasteiger partial charge is 0.416 e. The summed E-state index contributed by atoms with van der Waals surface area (Å²) in [5.41, 5.74) is -0.368. The van der Waals surface area contributed by atoms with Gasteiger partial charge >= 0.3 is 6.18 Å². The zero-order valence-corrected chi connectivity index (χ0v) is 11.8. The highest BCUT2D eigenvalue weighted by atomic mass is 32.2. The molecule has 0 aliphatic rings. The molecule has 0 unspecified atom stereocenters. The van der Waals surface area contributed by atoms with Gasteiger partial charge in [0, 0.05) is 11.7 Å². The van der Waals surface area contributed by atoms with Gasteiger partial charge in [-0.25, -0.2) is 4.98 Å². The molecule has 0 aliphatic carbocycles. The van der Waals surface area contributed by atoms with Crippen molar-refractivity contribution in [1.29, 1.82) is 0 Å². The first-order valence-corrected chi connectivity index (χ1v) is 7.06. The fourth-order valence-corrected chi connectivity index (χ4v) is 2.46. The van der Waals surface area contributed by atoms with Crippen molar-refractivity contribution in [3.63, 3.8) is 0 Å². The van der Waals surface area contributed by atoms with Crippen LogP contribution >= 0.6 is 11.8 Å². The van der Waals surface area contributed by atoms with Crippen LogP contribution in [0.3, 0.4) is 0 Å². The van der Waals surface area contributed by atoms with Crippen molar-refractivity contribution in [3.05, 3.63) is 41.2 Å². The topological polar surface area (TPSA) is 41.6 Å². The summed E-state index contributed by atoms with van der Waals surface area (Å²) in [5, 5.41) is 7.24. The molecule has 0 amide bonds. The predicted molar refractivity (Wildman–Crippen MR) is 71.5 cm³/mol. The van der Waals surface area contributed by atoms with Crippen LogP contribution in [0, 0.1) is 0 Å². The van der Waals surface area contributed by atoms with Crippen LogP contribution in [0.25, 0.3) is 0 Å². The van der Waals surface area contributed by atoms with Crippen molar-refractivity contribution in [2.45, 2.75) is 36.9 Å². The van der Waals surface area contributed by atoms with E-state index in [1.165, 1.54) is 23.9 Å². The third-order valence-electron chi connectivity index (χ3n) is 2.71. The van der Waals surface area contributed by atoms with E-state index in [1.54, 1.807) is 6.07 Å². The van der Waals surface area contributed by atoms with E-state index in [0.717, 1.165) is 11.9 Å². The van der Waals surface area contributed by atoms with Crippen LogP contribution in [0.2, 0.25) is 0 Å². The maximum Gasteiger partial charge on any atom is 0.416 e. The van der Waals surface area contributed by atoms with E-state index < -0.39 is 11.7 Å². The van der Waals surface area contributed by atoms with E-state index in [0.29, 0.717) is 5.16 Å². The zero-order valence-electron chi connectivity index (χ0n) is 11.0. The molecule has 0 saturated heterocycles. The van der Waals surface area contributed by atoms with Gasteiger partial charge in [-0.1, -0.05) is 43.8 Å². The lowest BCUT2D eigenvalue weighted by Gasteiger charge is -2.11. The smallest absolute Gasteiger partial charge is 0.262 e. The van der Waals surface area contributed by atoms with Crippen molar-refractivity contribution in [2.24, 2.45) is 0 Å². The number of thioether (sulfide) groups is 1. The molecule has 2 rings (SSSR count). The minimum atomic E-state index is -4.33. The second-order valence-corrected chi connectivity index (χ2v) is 5.54. The standard InChI is InChI=1S/C13H14F3N3S/c1-8(2)11-17-12(19-18-11)20-7-9-5-3-4-6-10(9)13(14,15)16/h3-6,8H,7H2,1-2H3,(H,17,18,19). The number of aromatic nitrogens is 3. The number of rotatable bonds is 4. The van der Waals surface area contributed by atoms with Crippen molar-refractivity contribution >= 4 is 11.8 Å². The van der Waals surface area contributed by atoms with Crippen LogP contribution < -0.4 is 0 Å². The van der Waals surface area contributed by atoms with E-state index >= 15 is 0 Å². The van der Waals surface area contributed by atoms with Crippen LogP contribution in [-0.2, 0) is 11.9 Å². The second-order valence-electron chi connectivity index (χ2n) is 4.60. The first kappa shape index (κ1) is 14.9. The summed E-state index contributed by atoms with van der Waals surface area (Å²) in [6.07, 6.45) is -4.33. The van der Waals surface area contributed by atoms with Gasteiger partial charge in [-0.05, 0) is 11.6 Å². The van der Waals surface area contributed by atoms with Gasteiger partial charge in [-0.3, -0.25) is 5.10 Å². The first-order valence-electron chi connectivity index (χ1n) is 6.08. The Morgan fingerprint density at radius 3 is 2.55 bits per heavy atom. The average Bonchev–Trinajstić information content (AvgIpc) is 2.84. The van der Waals surface area contributed by atoms with Crippen LogP contribution in [0.1, 0.15) is 36.7 Å². The number of alkyl halides is 3. The molecule has 0 saturated carbocycles. The van der Waals surface area contributed by atoms with Crippen LogP contribution in [0.5, 0.6) is 0 Å². The summed E-state index contributed by atoms with van der Waals surface area (Å²) < 4.78 is 38.5. The third-order valence-corrected chi connectivity index (χ3v) is 3.60. The lowest BCUT2D eigenvalue weighted by molar-refractivity contribution is -0.138. The van der Waals surface area contributed by atoms with Gasteiger partial charge in [-0.2, -0.15) is 13.2 Å². The quantitative estimate of drug-likeness (QED) is 0.859. The van der Waals surface area contributed by atoms with Gasteiger partial charge in [0.2, 0.25) is 5.16 Å². The summed E-state index contributed by atoms with van der Waals surface area (Å²) >= 11 is 1.19. The molecule has 0 atom stereocenters. The monoisotopic (exact) mass is 301 g/mol. The predicted octanol–water partition coefficient (Wildman–Crippen LogP) is 4.24. The summed E-state index contributed by atoms with van der Waals surface area (Å²) in [6.45, 7) is 3.93. The van der Waals surface area contributed by atoms with E-state index in [4.69, 9.17) is 0 Å². The van der Waals surface area contributed by atoms with E-state index in [1.807, 2.05) is 13.8 Å².